The predicted octanol–water partition coefficient (Wildman–Crippen LogP) is 8.78. The Balaban J connectivity index is 1.07. The van der Waals surface area contributed by atoms with Gasteiger partial charge in [0.1, 0.15) is 39.8 Å². The lowest BCUT2D eigenvalue weighted by atomic mass is 9.77. The van der Waals surface area contributed by atoms with Crippen molar-refractivity contribution >= 4 is 80.2 Å². The fourth-order valence-electron chi connectivity index (χ4n) is 7.52. The summed E-state index contributed by atoms with van der Waals surface area (Å²) in [5.41, 5.74) is 3.07. The minimum atomic E-state index is -1.07. The van der Waals surface area contributed by atoms with Gasteiger partial charge < -0.3 is 20.2 Å². The quantitative estimate of drug-likeness (QED) is 0.0359. The molecule has 6 aromatic rings. The molecule has 11 nitrogen and oxygen atoms in total. The third-order valence-electron chi connectivity index (χ3n) is 10.2. The fraction of sp³-hybridized carbons (Fsp3) is 0.149. The van der Waals surface area contributed by atoms with Gasteiger partial charge in [0, 0.05) is 17.6 Å². The smallest absolute Gasteiger partial charge is 0.356 e. The molecular weight excluding hydrogens is 862 g/mol. The summed E-state index contributed by atoms with van der Waals surface area (Å²) in [5.74, 6) is -1.89. The number of halogens is 1. The van der Waals surface area contributed by atoms with E-state index in [1.54, 1.807) is 0 Å². The number of esters is 1. The summed E-state index contributed by atoms with van der Waals surface area (Å²) in [6.45, 7) is 1.39. The zero-order valence-electron chi connectivity index (χ0n) is 33.3. The monoisotopic (exact) mass is 899 g/mol. The van der Waals surface area contributed by atoms with Crippen LogP contribution in [0.15, 0.2) is 167 Å². The molecule has 3 heterocycles. The van der Waals surface area contributed by atoms with Crippen LogP contribution >= 0.6 is 46.5 Å². The summed E-state index contributed by atoms with van der Waals surface area (Å²) < 4.78 is 6.33. The van der Waals surface area contributed by atoms with Crippen LogP contribution in [0.1, 0.15) is 46.5 Å². The number of anilines is 1. The summed E-state index contributed by atoms with van der Waals surface area (Å²) in [6, 6.07) is 47.3. The summed E-state index contributed by atoms with van der Waals surface area (Å²) in [4.78, 5) is 66.5. The number of thiazole rings is 1. The summed E-state index contributed by atoms with van der Waals surface area (Å²) in [7, 11) is 1.29. The molecule has 2 aliphatic rings. The van der Waals surface area contributed by atoms with Crippen molar-refractivity contribution in [1.29, 1.82) is 0 Å². The van der Waals surface area contributed by atoms with Crippen LogP contribution in [0.25, 0.3) is 0 Å². The van der Waals surface area contributed by atoms with Crippen molar-refractivity contribution < 1.29 is 28.8 Å². The van der Waals surface area contributed by atoms with Gasteiger partial charge in [-0.05, 0) is 27.8 Å². The molecule has 2 N–H and O–H groups in total. The Bertz CT molecular complexity index is 2520. The lowest BCUT2D eigenvalue weighted by Gasteiger charge is -2.49. The molecule has 0 radical (unpaired) electrons. The molecule has 0 aliphatic carbocycles. The van der Waals surface area contributed by atoms with Crippen molar-refractivity contribution in [1.82, 2.24) is 15.2 Å². The van der Waals surface area contributed by atoms with E-state index in [0.717, 1.165) is 50.9 Å². The molecule has 2 atom stereocenters. The number of amides is 2. The normalized spacial score (nSPS) is 16.3. The molecule has 312 valence electrons. The van der Waals surface area contributed by atoms with Gasteiger partial charge in [0.2, 0.25) is 0 Å². The van der Waals surface area contributed by atoms with Gasteiger partial charge in [0.05, 0.1) is 0 Å². The molecule has 2 amide bonds. The highest BCUT2D eigenvalue weighted by Crippen LogP contribution is 2.45. The highest BCUT2D eigenvalue weighted by atomic mass is 35.5. The second-order valence-electron chi connectivity index (χ2n) is 14.1. The SMILES string of the molecule is CON=C(C(=O)NC1C(=O)N2C(C(=O)OC(c3ccccc3)c3ccccc3)=C(SC(C)=O)CSC12)c1nc(NC(c2ccccc2)(c2ccccc2)c2ccccc2)sc1Cl. The van der Waals surface area contributed by atoms with E-state index in [1.807, 2.05) is 152 Å². The molecule has 0 spiro atoms. The molecule has 0 saturated carbocycles. The van der Waals surface area contributed by atoms with E-state index >= 15 is 0 Å². The first kappa shape index (κ1) is 42.5. The van der Waals surface area contributed by atoms with Gasteiger partial charge in [-0.15, -0.1) is 11.8 Å². The van der Waals surface area contributed by atoms with Gasteiger partial charge in [0.15, 0.2) is 22.1 Å². The molecule has 1 aromatic heterocycles. The maximum atomic E-state index is 14.2. The van der Waals surface area contributed by atoms with E-state index in [0.29, 0.717) is 10.0 Å². The van der Waals surface area contributed by atoms with Crippen molar-refractivity contribution in [2.24, 2.45) is 5.16 Å². The first-order chi connectivity index (χ1) is 30.2. The minimum Gasteiger partial charge on any atom is -0.448 e. The van der Waals surface area contributed by atoms with Crippen LogP contribution in [0.4, 0.5) is 5.13 Å². The van der Waals surface area contributed by atoms with E-state index in [2.05, 4.69) is 15.8 Å². The number of benzene rings is 5. The number of oxime groups is 1. The Morgan fingerprint density at radius 3 is 1.81 bits per heavy atom. The lowest BCUT2D eigenvalue weighted by Crippen LogP contribution is -2.71. The first-order valence-electron chi connectivity index (χ1n) is 19.4. The molecule has 1 saturated heterocycles. The average molecular weight is 901 g/mol. The summed E-state index contributed by atoms with van der Waals surface area (Å²) >= 11 is 10.2. The van der Waals surface area contributed by atoms with E-state index in [-0.39, 0.29) is 32.3 Å². The summed E-state index contributed by atoms with van der Waals surface area (Å²) in [5, 5.41) is 9.93. The van der Waals surface area contributed by atoms with Crippen LogP contribution in [-0.4, -0.2) is 62.8 Å². The van der Waals surface area contributed by atoms with Crippen LogP contribution in [0.2, 0.25) is 4.34 Å². The molecule has 15 heteroatoms. The van der Waals surface area contributed by atoms with Crippen molar-refractivity contribution in [3.05, 3.63) is 200 Å². The zero-order chi connectivity index (χ0) is 43.2. The average Bonchev–Trinajstić information content (AvgIpc) is 3.67. The highest BCUT2D eigenvalue weighted by molar-refractivity contribution is 8.17. The number of thioether (sulfide) groups is 2. The van der Waals surface area contributed by atoms with Crippen molar-refractivity contribution in [2.75, 3.05) is 18.2 Å². The zero-order valence-corrected chi connectivity index (χ0v) is 36.5. The Hall–Kier alpha value is -6.19. The number of aromatic nitrogens is 1. The van der Waals surface area contributed by atoms with Gasteiger partial charge in [-0.3, -0.25) is 19.3 Å². The molecule has 5 aromatic carbocycles. The number of ether oxygens (including phenoxy) is 1. The van der Waals surface area contributed by atoms with Crippen molar-refractivity contribution in [2.45, 2.75) is 30.0 Å². The number of hydrogen-bond acceptors (Lipinski definition) is 12. The van der Waals surface area contributed by atoms with E-state index in [9.17, 15) is 19.2 Å². The Labute approximate surface area is 375 Å². The molecular formula is C47H38ClN5O6S3. The van der Waals surface area contributed by atoms with Gasteiger partial charge in [-0.2, -0.15) is 0 Å². The number of β-lactam (4-membered cyclic amide) rings is 1. The minimum absolute atomic E-state index is 0.0379. The highest BCUT2D eigenvalue weighted by Gasteiger charge is 2.55. The largest absolute Gasteiger partial charge is 0.448 e. The second kappa shape index (κ2) is 18.8. The third-order valence-corrected chi connectivity index (χ3v) is 13.7. The molecule has 2 aliphatic heterocycles. The van der Waals surface area contributed by atoms with Crippen molar-refractivity contribution in [3.8, 4) is 0 Å². The van der Waals surface area contributed by atoms with Gasteiger partial charge >= 0.3 is 5.97 Å². The standard InChI is InChI=1S/C47H38ClN5O6S3/c1-29(54)61-35-28-60-44-38(43(56)53(44)39(35)45(57)59-40(30-18-8-3-9-19-30)31-20-10-4-11-21-31)49-42(55)37(52-58-2)36-41(48)62-46(50-36)51-47(32-22-12-5-13-23-32,33-24-14-6-15-25-33)34-26-16-7-17-27-34/h3-27,38,40,44H,28H2,1-2H3,(H,49,55)(H,50,51). The van der Waals surface area contributed by atoms with Crippen LogP contribution in [0, 0.1) is 0 Å². The maximum Gasteiger partial charge on any atom is 0.356 e. The van der Waals surface area contributed by atoms with Gasteiger partial charge in [-0.1, -0.05) is 192 Å². The molecule has 0 bridgehead atoms. The number of carbonyl (C=O) groups is 4. The third kappa shape index (κ3) is 8.51. The van der Waals surface area contributed by atoms with E-state index in [4.69, 9.17) is 26.2 Å². The molecule has 62 heavy (non-hydrogen) atoms. The number of carbonyl (C=O) groups excluding carboxylic acids is 4. The number of hydrogen-bond donors (Lipinski definition) is 2. The van der Waals surface area contributed by atoms with Crippen LogP contribution in [0.3, 0.4) is 0 Å². The molecule has 8 rings (SSSR count). The second-order valence-corrected chi connectivity index (χ2v) is 18.0. The van der Waals surface area contributed by atoms with E-state index in [1.165, 1.54) is 30.7 Å². The summed E-state index contributed by atoms with van der Waals surface area (Å²) in [6.07, 6.45) is -0.797. The topological polar surface area (TPSA) is 139 Å². The van der Waals surface area contributed by atoms with Crippen LogP contribution < -0.4 is 10.6 Å². The van der Waals surface area contributed by atoms with Crippen LogP contribution in [0.5, 0.6) is 0 Å². The predicted molar refractivity (Wildman–Crippen MR) is 245 cm³/mol. The Kier molecular flexibility index (Phi) is 12.9. The van der Waals surface area contributed by atoms with Crippen molar-refractivity contribution in [3.63, 3.8) is 0 Å². The first-order valence-corrected chi connectivity index (χ1v) is 22.5. The van der Waals surface area contributed by atoms with Gasteiger partial charge in [0.25, 0.3) is 11.8 Å². The van der Waals surface area contributed by atoms with E-state index < -0.39 is 40.8 Å². The van der Waals surface area contributed by atoms with Gasteiger partial charge in [-0.25, -0.2) is 9.78 Å². The molecule has 2 unspecified atom stereocenters. The fourth-order valence-corrected chi connectivity index (χ4v) is 10.9. The lowest BCUT2D eigenvalue weighted by molar-refractivity contribution is -0.154. The number of nitrogens with zero attached hydrogens (tertiary/aromatic N) is 3. The Morgan fingerprint density at radius 1 is 0.823 bits per heavy atom. The molecule has 1 fully saturated rings. The Morgan fingerprint density at radius 2 is 1.32 bits per heavy atom. The maximum absolute atomic E-state index is 14.2. The number of fused-ring (bicyclic) bond motifs is 1. The van der Waals surface area contributed by atoms with Crippen LogP contribution in [-0.2, 0) is 34.3 Å². The number of nitrogens with one attached hydrogen (secondary N) is 2. The number of rotatable bonds is 14.